The predicted molar refractivity (Wildman–Crippen MR) is 111 cm³/mol. The number of hydrogen-bond donors (Lipinski definition) is 0. The minimum atomic E-state index is -3.40. The quantitative estimate of drug-likeness (QED) is 0.685. The lowest BCUT2D eigenvalue weighted by Crippen LogP contribution is -2.48. The number of ether oxygens (including phenoxy) is 2. The molecule has 2 aromatic rings. The number of amides is 1. The number of hydrogen-bond acceptors (Lipinski definition) is 6. The molecule has 0 atom stereocenters. The number of methoxy groups -OCH3 is 2. The van der Waals surface area contributed by atoms with Crippen LogP contribution in [0.3, 0.4) is 0 Å². The van der Waals surface area contributed by atoms with Gasteiger partial charge in [0.05, 0.1) is 30.1 Å². The number of sulfone groups is 1. The topological polar surface area (TPSA) is 76.2 Å². The fourth-order valence-electron chi connectivity index (χ4n) is 3.34. The van der Waals surface area contributed by atoms with Gasteiger partial charge in [0.2, 0.25) is 0 Å². The molecular formula is C21H26N2O5S. The highest BCUT2D eigenvalue weighted by atomic mass is 32.2. The van der Waals surface area contributed by atoms with E-state index in [1.165, 1.54) is 19.2 Å². The van der Waals surface area contributed by atoms with Crippen LogP contribution in [-0.2, 0) is 14.6 Å². The molecule has 1 fully saturated rings. The maximum atomic E-state index is 12.8. The summed E-state index contributed by atoms with van der Waals surface area (Å²) in [4.78, 5) is 17.0. The van der Waals surface area contributed by atoms with Gasteiger partial charge in [0, 0.05) is 38.9 Å². The van der Waals surface area contributed by atoms with Crippen LogP contribution in [-0.4, -0.2) is 72.0 Å². The van der Waals surface area contributed by atoms with E-state index in [2.05, 4.69) is 4.90 Å². The molecule has 2 aromatic carbocycles. The molecule has 0 spiro atoms. The van der Waals surface area contributed by atoms with Gasteiger partial charge in [-0.15, -0.1) is 0 Å². The second-order valence-corrected chi connectivity index (χ2v) is 8.90. The molecule has 1 heterocycles. The molecule has 3 rings (SSSR count). The highest BCUT2D eigenvalue weighted by Gasteiger charge is 2.24. The average molecular weight is 419 g/mol. The van der Waals surface area contributed by atoms with Crippen molar-refractivity contribution in [3.63, 3.8) is 0 Å². The number of carbonyl (C=O) groups is 1. The van der Waals surface area contributed by atoms with E-state index >= 15 is 0 Å². The summed E-state index contributed by atoms with van der Waals surface area (Å²) in [7, 11) is -0.289. The summed E-state index contributed by atoms with van der Waals surface area (Å²) in [5, 5.41) is 0. The van der Waals surface area contributed by atoms with E-state index in [0.29, 0.717) is 31.7 Å². The zero-order valence-electron chi connectivity index (χ0n) is 16.7. The molecule has 156 valence electrons. The first-order valence-electron chi connectivity index (χ1n) is 9.45. The Balaban J connectivity index is 1.63. The lowest BCUT2D eigenvalue weighted by atomic mass is 10.1. The lowest BCUT2D eigenvalue weighted by molar-refractivity contribution is 0.0746. The van der Waals surface area contributed by atoms with Gasteiger partial charge in [-0.25, -0.2) is 8.42 Å². The molecule has 0 radical (unpaired) electrons. The number of carbonyl (C=O) groups excluding carboxylic acids is 1. The van der Waals surface area contributed by atoms with E-state index in [0.717, 1.165) is 11.4 Å². The third-order valence-electron chi connectivity index (χ3n) is 5.01. The number of nitrogens with zero attached hydrogens (tertiary/aromatic N) is 2. The van der Waals surface area contributed by atoms with Crippen LogP contribution in [0.1, 0.15) is 10.4 Å². The summed E-state index contributed by atoms with van der Waals surface area (Å²) in [6.07, 6.45) is 0. The van der Waals surface area contributed by atoms with E-state index in [1.54, 1.807) is 24.1 Å². The molecule has 29 heavy (non-hydrogen) atoms. The fourth-order valence-corrected chi connectivity index (χ4v) is 4.51. The maximum absolute atomic E-state index is 12.8. The molecule has 8 heteroatoms. The van der Waals surface area contributed by atoms with Crippen LogP contribution in [0.15, 0.2) is 53.4 Å². The normalized spacial score (nSPS) is 14.7. The Hall–Kier alpha value is -2.58. The summed E-state index contributed by atoms with van der Waals surface area (Å²) in [6, 6.07) is 14.0. The summed E-state index contributed by atoms with van der Waals surface area (Å²) < 4.78 is 34.7. The molecule has 0 aliphatic carbocycles. The third-order valence-corrected chi connectivity index (χ3v) is 6.70. The number of anilines is 1. The van der Waals surface area contributed by atoms with Crippen LogP contribution >= 0.6 is 0 Å². The molecule has 1 aliphatic heterocycles. The lowest BCUT2D eigenvalue weighted by Gasteiger charge is -2.36. The van der Waals surface area contributed by atoms with Gasteiger partial charge in [0.1, 0.15) is 5.75 Å². The van der Waals surface area contributed by atoms with E-state index in [-0.39, 0.29) is 23.2 Å². The number of piperazine rings is 1. The molecule has 1 amide bonds. The zero-order chi connectivity index (χ0) is 20.9. The summed E-state index contributed by atoms with van der Waals surface area (Å²) in [5.74, 6) is 0.643. The Labute approximate surface area is 171 Å². The van der Waals surface area contributed by atoms with Crippen molar-refractivity contribution in [3.05, 3.63) is 54.1 Å². The molecule has 7 nitrogen and oxygen atoms in total. The van der Waals surface area contributed by atoms with Crippen LogP contribution < -0.4 is 9.64 Å². The van der Waals surface area contributed by atoms with Crippen molar-refractivity contribution in [1.29, 1.82) is 0 Å². The van der Waals surface area contributed by atoms with Crippen molar-refractivity contribution in [2.24, 2.45) is 0 Å². The van der Waals surface area contributed by atoms with Gasteiger partial charge in [0.15, 0.2) is 9.84 Å². The van der Waals surface area contributed by atoms with Crippen LogP contribution in [0.2, 0.25) is 0 Å². The number of para-hydroxylation sites is 2. The van der Waals surface area contributed by atoms with Gasteiger partial charge in [-0.05, 0) is 36.4 Å². The van der Waals surface area contributed by atoms with Crippen LogP contribution in [0.25, 0.3) is 0 Å². The highest BCUT2D eigenvalue weighted by Crippen LogP contribution is 2.28. The average Bonchev–Trinajstić information content (AvgIpc) is 2.77. The number of rotatable bonds is 7. The second kappa shape index (κ2) is 9.28. The van der Waals surface area contributed by atoms with Gasteiger partial charge in [-0.3, -0.25) is 4.79 Å². The number of benzene rings is 2. The molecular weight excluding hydrogens is 392 g/mol. The van der Waals surface area contributed by atoms with Gasteiger partial charge < -0.3 is 19.3 Å². The molecule has 0 unspecified atom stereocenters. The monoisotopic (exact) mass is 418 g/mol. The highest BCUT2D eigenvalue weighted by molar-refractivity contribution is 7.91. The smallest absolute Gasteiger partial charge is 0.253 e. The summed E-state index contributed by atoms with van der Waals surface area (Å²) >= 11 is 0. The Kier molecular flexibility index (Phi) is 6.76. The van der Waals surface area contributed by atoms with Crippen LogP contribution in [0.5, 0.6) is 5.75 Å². The predicted octanol–water partition coefficient (Wildman–Crippen LogP) is 2.08. The second-order valence-electron chi connectivity index (χ2n) is 6.79. The van der Waals surface area contributed by atoms with Gasteiger partial charge in [-0.2, -0.15) is 0 Å². The molecule has 0 bridgehead atoms. The van der Waals surface area contributed by atoms with E-state index in [1.807, 2.05) is 24.3 Å². The third kappa shape index (κ3) is 4.89. The van der Waals surface area contributed by atoms with Crippen molar-refractivity contribution in [1.82, 2.24) is 4.90 Å². The van der Waals surface area contributed by atoms with E-state index in [9.17, 15) is 13.2 Å². The standard InChI is InChI=1S/C21H26N2O5S/c1-27-15-16-29(25,26)18-9-7-17(8-10-18)21(24)23-13-11-22(12-14-23)19-5-3-4-6-20(19)28-2/h3-10H,11-16H2,1-2H3. The zero-order valence-corrected chi connectivity index (χ0v) is 17.5. The van der Waals surface area contributed by atoms with Crippen molar-refractivity contribution in [3.8, 4) is 5.75 Å². The first-order chi connectivity index (χ1) is 14.0. The molecule has 1 saturated heterocycles. The Morgan fingerprint density at radius 2 is 1.62 bits per heavy atom. The van der Waals surface area contributed by atoms with Crippen LogP contribution in [0.4, 0.5) is 5.69 Å². The largest absolute Gasteiger partial charge is 0.495 e. The van der Waals surface area contributed by atoms with Crippen LogP contribution in [0, 0.1) is 0 Å². The summed E-state index contributed by atoms with van der Waals surface area (Å²) in [6.45, 7) is 2.72. The van der Waals surface area contributed by atoms with E-state index in [4.69, 9.17) is 9.47 Å². The molecule has 0 N–H and O–H groups in total. The molecule has 1 aliphatic rings. The molecule has 0 aromatic heterocycles. The Bertz CT molecular complexity index is 936. The SMILES string of the molecule is COCCS(=O)(=O)c1ccc(C(=O)N2CCN(c3ccccc3OC)CC2)cc1. The van der Waals surface area contributed by atoms with Crippen molar-refractivity contribution in [2.75, 3.05) is 57.7 Å². The maximum Gasteiger partial charge on any atom is 0.253 e. The van der Waals surface area contributed by atoms with Gasteiger partial charge in [-0.1, -0.05) is 12.1 Å². The Morgan fingerprint density at radius 3 is 2.24 bits per heavy atom. The van der Waals surface area contributed by atoms with E-state index < -0.39 is 9.84 Å². The Morgan fingerprint density at radius 1 is 0.966 bits per heavy atom. The first-order valence-corrected chi connectivity index (χ1v) is 11.1. The van der Waals surface area contributed by atoms with Crippen molar-refractivity contribution < 1.29 is 22.7 Å². The minimum Gasteiger partial charge on any atom is -0.495 e. The van der Waals surface area contributed by atoms with Gasteiger partial charge in [0.25, 0.3) is 5.91 Å². The van der Waals surface area contributed by atoms with Crippen molar-refractivity contribution >= 4 is 21.4 Å². The summed E-state index contributed by atoms with van der Waals surface area (Å²) in [5.41, 5.74) is 1.51. The first kappa shape index (κ1) is 21.1. The van der Waals surface area contributed by atoms with Gasteiger partial charge >= 0.3 is 0 Å². The molecule has 0 saturated carbocycles. The van der Waals surface area contributed by atoms with Crippen molar-refractivity contribution in [2.45, 2.75) is 4.90 Å². The minimum absolute atomic E-state index is 0.0816. The fraction of sp³-hybridized carbons (Fsp3) is 0.381.